The van der Waals surface area contributed by atoms with E-state index < -0.39 is 145 Å². The molecular formula is C52H89N7O15Si. The topological polar surface area (TPSA) is 300 Å². The molecule has 6 N–H and O–H groups in total. The second-order valence-corrected chi connectivity index (χ2v) is 27.9. The number of rotatable bonds is 28. The van der Waals surface area contributed by atoms with E-state index in [2.05, 4.69) is 38.5 Å². The van der Waals surface area contributed by atoms with Gasteiger partial charge in [-0.2, -0.15) is 0 Å². The molecule has 75 heavy (non-hydrogen) atoms. The number of likely N-dealkylation sites (tertiary alicyclic amines) is 1. The number of nitrogens with zero attached hydrogens (tertiary/aromatic N) is 1. The second kappa shape index (κ2) is 29.6. The summed E-state index contributed by atoms with van der Waals surface area (Å²) < 4.78 is 22.4. The van der Waals surface area contributed by atoms with E-state index in [1.54, 1.807) is 76.2 Å². The number of nitrogens with one attached hydrogen (secondary N) is 6. The largest absolute Gasteiger partial charge is 0.460 e. The molecule has 0 aliphatic carbocycles. The average molecular weight is 1080 g/mol. The highest BCUT2D eigenvalue weighted by molar-refractivity contribution is 6.74. The van der Waals surface area contributed by atoms with Gasteiger partial charge in [0, 0.05) is 32.7 Å². The van der Waals surface area contributed by atoms with Crippen LogP contribution in [0, 0.1) is 11.8 Å². The molecule has 22 nitrogen and oxygen atoms in total. The first kappa shape index (κ1) is 67.3. The molecule has 0 bridgehead atoms. The smallest absolute Gasteiger partial charge is 0.325 e. The van der Waals surface area contributed by atoms with Crippen LogP contribution in [-0.4, -0.2) is 152 Å². The number of Topliss-reactive ketones (excluding diaryl/α,β-unsaturated/α-hetero) is 1. The van der Waals surface area contributed by atoms with Crippen molar-refractivity contribution in [2.75, 3.05) is 19.7 Å². The highest BCUT2D eigenvalue weighted by Gasteiger charge is 2.48. The van der Waals surface area contributed by atoms with Crippen LogP contribution in [0.2, 0.25) is 18.1 Å². The first-order chi connectivity index (χ1) is 34.3. The molecule has 23 heteroatoms. The minimum atomic E-state index is -2.51. The van der Waals surface area contributed by atoms with Crippen molar-refractivity contribution in [1.29, 1.82) is 0 Å². The molecule has 1 aliphatic rings. The normalized spacial score (nSPS) is 17.0. The Morgan fingerprint density at radius 3 is 1.61 bits per heavy atom. The van der Waals surface area contributed by atoms with Crippen molar-refractivity contribution >= 4 is 73.4 Å². The molecule has 7 amide bonds. The number of ketones is 1. The van der Waals surface area contributed by atoms with Crippen LogP contribution in [0.25, 0.3) is 0 Å². The number of carbonyl (C=O) groups excluding carboxylic acids is 11. The lowest BCUT2D eigenvalue weighted by Crippen LogP contribution is -2.61. The molecule has 0 aromatic heterocycles. The molecule has 1 fully saturated rings. The van der Waals surface area contributed by atoms with E-state index in [1.807, 2.05) is 33.9 Å². The fourth-order valence-corrected chi connectivity index (χ4v) is 8.84. The van der Waals surface area contributed by atoms with E-state index in [4.69, 9.17) is 18.6 Å². The predicted octanol–water partition coefficient (Wildman–Crippen LogP) is 3.19. The van der Waals surface area contributed by atoms with E-state index >= 15 is 0 Å². The molecule has 426 valence electrons. The Balaban J connectivity index is 3.63. The number of hydrogen-bond acceptors (Lipinski definition) is 15. The quantitative estimate of drug-likeness (QED) is 0.0216. The van der Waals surface area contributed by atoms with Gasteiger partial charge in [-0.05, 0) is 90.8 Å². The Kier molecular flexibility index (Phi) is 26.5. The van der Waals surface area contributed by atoms with Crippen LogP contribution in [0.1, 0.15) is 149 Å². The van der Waals surface area contributed by atoms with E-state index in [0.717, 1.165) is 0 Å². The third-order valence-corrected chi connectivity index (χ3v) is 16.8. The summed E-state index contributed by atoms with van der Waals surface area (Å²) in [5.41, 5.74) is -1.69. The maximum Gasteiger partial charge on any atom is 0.325 e. The maximum atomic E-state index is 14.9. The average Bonchev–Trinajstić information content (AvgIpc) is 3.68. The number of carbonyl (C=O) groups is 11. The third kappa shape index (κ3) is 23.8. The van der Waals surface area contributed by atoms with E-state index in [-0.39, 0.29) is 56.7 Å². The van der Waals surface area contributed by atoms with E-state index in [9.17, 15) is 52.7 Å². The van der Waals surface area contributed by atoms with Crippen molar-refractivity contribution in [3.05, 3.63) is 12.7 Å². The van der Waals surface area contributed by atoms with E-state index in [0.29, 0.717) is 6.42 Å². The molecule has 1 heterocycles. The molecule has 1 rings (SSSR count). The Labute approximate surface area is 444 Å². The first-order valence-electron chi connectivity index (χ1n) is 25.8. The zero-order valence-electron chi connectivity index (χ0n) is 47.6. The Hall–Kier alpha value is -5.71. The molecule has 0 aromatic carbocycles. The van der Waals surface area contributed by atoms with Crippen LogP contribution >= 0.6 is 0 Å². The molecule has 1 saturated heterocycles. The molecule has 0 aromatic rings. The zero-order chi connectivity index (χ0) is 58.0. The Morgan fingerprint density at radius 1 is 0.667 bits per heavy atom. The summed E-state index contributed by atoms with van der Waals surface area (Å²) in [6.45, 7) is 32.4. The van der Waals surface area contributed by atoms with Crippen molar-refractivity contribution in [2.24, 2.45) is 11.8 Å². The fraction of sp³-hybridized carbons (Fsp3) is 0.750. The number of hydrogen-bond donors (Lipinski definition) is 6. The van der Waals surface area contributed by atoms with Crippen LogP contribution in [-0.2, 0) is 71.4 Å². The predicted molar refractivity (Wildman–Crippen MR) is 281 cm³/mol. The van der Waals surface area contributed by atoms with Crippen LogP contribution in [0.3, 0.4) is 0 Å². The maximum absolute atomic E-state index is 14.9. The summed E-state index contributed by atoms with van der Waals surface area (Å²) in [6.07, 6.45) is 0.0137. The summed E-state index contributed by atoms with van der Waals surface area (Å²) in [4.78, 5) is 149. The van der Waals surface area contributed by atoms with Crippen LogP contribution < -0.4 is 31.9 Å². The highest BCUT2D eigenvalue weighted by atomic mass is 28.4. The minimum absolute atomic E-state index is 0.0160. The molecule has 0 saturated carbocycles. The summed E-state index contributed by atoms with van der Waals surface area (Å²) in [7, 11) is -2.51. The molecule has 0 radical (unpaired) electrons. The lowest BCUT2D eigenvalue weighted by Gasteiger charge is -2.38. The van der Waals surface area contributed by atoms with Gasteiger partial charge in [0.1, 0.15) is 54.6 Å². The number of esters is 3. The van der Waals surface area contributed by atoms with Crippen molar-refractivity contribution in [3.63, 3.8) is 0 Å². The third-order valence-electron chi connectivity index (χ3n) is 12.2. The Morgan fingerprint density at radius 2 is 1.16 bits per heavy atom. The summed E-state index contributed by atoms with van der Waals surface area (Å²) >= 11 is 0. The van der Waals surface area contributed by atoms with Gasteiger partial charge in [0.15, 0.2) is 8.32 Å². The molecule has 7 unspecified atom stereocenters. The van der Waals surface area contributed by atoms with Gasteiger partial charge in [0.2, 0.25) is 41.2 Å². The lowest BCUT2D eigenvalue weighted by molar-refractivity contribution is -0.156. The van der Waals surface area contributed by atoms with Crippen molar-refractivity contribution in [3.8, 4) is 0 Å². The van der Waals surface area contributed by atoms with E-state index in [1.165, 1.54) is 17.9 Å². The van der Waals surface area contributed by atoms with Gasteiger partial charge in [-0.15, -0.1) is 0 Å². The fourth-order valence-electron chi connectivity index (χ4n) is 7.48. The zero-order valence-corrected chi connectivity index (χ0v) is 48.6. The monoisotopic (exact) mass is 1080 g/mol. The molecule has 1 aliphatic heterocycles. The number of amides is 7. The van der Waals surface area contributed by atoms with Crippen molar-refractivity contribution in [2.45, 2.75) is 220 Å². The standard InChI is InChI=1S/C52H89N7O15Si/c1-19-21-34(43(64)48(69)53-28-40(63)71-26-20-2)55-46(67)37-27-33(74-75(17,18)52(14,15)16)29-59(37)49(70)42(31(5)6)58-47(68)41(30(3)4)57-45(66)36(23-25-39(62)73-51(11,12)13)56-44(65)35(54-32(7)60)22-24-38(61)72-50(8,9)10/h20,30-31,33-37,41-42H,2,19,21-29H2,1,3-18H3,(H,53,69)(H,54,60)(H,55,67)(H,56,65)(H,57,66)(H,58,68). The number of ether oxygens (including phenoxy) is 3. The van der Waals surface area contributed by atoms with Crippen molar-refractivity contribution < 1.29 is 71.4 Å². The van der Waals surface area contributed by atoms with Crippen LogP contribution in [0.15, 0.2) is 12.7 Å². The van der Waals surface area contributed by atoms with Gasteiger partial charge in [0.25, 0.3) is 5.91 Å². The van der Waals surface area contributed by atoms with Gasteiger partial charge in [-0.1, -0.05) is 74.5 Å². The minimum Gasteiger partial charge on any atom is -0.460 e. The van der Waals surface area contributed by atoms with Gasteiger partial charge in [-0.3, -0.25) is 52.7 Å². The Bertz CT molecular complexity index is 2060. The van der Waals surface area contributed by atoms with Gasteiger partial charge >= 0.3 is 17.9 Å². The SMILES string of the molecule is C=CCOC(=O)CNC(=O)C(=O)C(CCC)NC(=O)C1CC(O[Si](C)(C)C(C)(C)C)CN1C(=O)C(NC(=O)C(NC(=O)C(CCC(=O)OC(C)(C)C)NC(=O)C(CCC(=O)OC(C)(C)C)NC(C)=O)C(C)C)C(C)C. The van der Waals surface area contributed by atoms with Gasteiger partial charge in [-0.25, -0.2) is 0 Å². The summed E-state index contributed by atoms with van der Waals surface area (Å²) in [6, 6.07) is -7.97. The lowest BCUT2D eigenvalue weighted by atomic mass is 9.98. The molecule has 7 atom stereocenters. The van der Waals surface area contributed by atoms with Crippen LogP contribution in [0.4, 0.5) is 0 Å². The molecular weight excluding hydrogens is 991 g/mol. The van der Waals surface area contributed by atoms with Gasteiger partial charge < -0.3 is 55.4 Å². The van der Waals surface area contributed by atoms with Crippen LogP contribution in [0.5, 0.6) is 0 Å². The van der Waals surface area contributed by atoms with Crippen molar-refractivity contribution in [1.82, 2.24) is 36.8 Å². The first-order valence-corrected chi connectivity index (χ1v) is 28.7. The van der Waals surface area contributed by atoms with Gasteiger partial charge in [0.05, 0.1) is 12.1 Å². The highest BCUT2D eigenvalue weighted by Crippen LogP contribution is 2.39. The summed E-state index contributed by atoms with van der Waals surface area (Å²) in [5.74, 6) is -10.0. The summed E-state index contributed by atoms with van der Waals surface area (Å²) in [5, 5.41) is 15.1. The molecule has 0 spiro atoms. The second-order valence-electron chi connectivity index (χ2n) is 23.1.